The molecule has 1 heterocycles. The van der Waals surface area contributed by atoms with Crippen molar-refractivity contribution in [1.82, 2.24) is 10.2 Å². The third-order valence-electron chi connectivity index (χ3n) is 4.24. The summed E-state index contributed by atoms with van der Waals surface area (Å²) in [6.07, 6.45) is 1.59. The number of hydrogen-bond acceptors (Lipinski definition) is 3. The summed E-state index contributed by atoms with van der Waals surface area (Å²) in [5, 5.41) is 8.13. The lowest BCUT2D eigenvalue weighted by molar-refractivity contribution is -0.137. The molecule has 3 rings (SSSR count). The minimum atomic E-state index is -4.35. The average molecular weight is 370 g/mol. The first-order valence-electron chi connectivity index (χ1n) is 8.27. The van der Waals surface area contributed by atoms with E-state index in [9.17, 15) is 13.2 Å². The van der Waals surface area contributed by atoms with Crippen LogP contribution in [0.4, 0.5) is 13.2 Å². The number of hydrogen-bond donors (Lipinski definition) is 0. The Morgan fingerprint density at radius 1 is 1.00 bits per heavy atom. The third-order valence-corrected chi connectivity index (χ3v) is 4.24. The molecule has 0 saturated heterocycles. The molecule has 0 amide bonds. The van der Waals surface area contributed by atoms with Crippen LogP contribution in [0.2, 0.25) is 0 Å². The summed E-state index contributed by atoms with van der Waals surface area (Å²) in [4.78, 5) is 0. The van der Waals surface area contributed by atoms with Crippen LogP contribution in [0.25, 0.3) is 11.5 Å². The Hall–Kier alpha value is -3.07. The summed E-state index contributed by atoms with van der Waals surface area (Å²) in [6.45, 7) is 3.61. The highest BCUT2D eigenvalue weighted by molar-refractivity contribution is 5.59. The maximum absolute atomic E-state index is 12.7. The van der Waals surface area contributed by atoms with Crippen LogP contribution in [-0.4, -0.2) is 10.2 Å². The van der Waals surface area contributed by atoms with Gasteiger partial charge in [0.25, 0.3) is 0 Å². The Morgan fingerprint density at radius 3 is 2.30 bits per heavy atom. The molecule has 0 N–H and O–H groups in total. The Balaban J connectivity index is 1.90. The van der Waals surface area contributed by atoms with E-state index < -0.39 is 17.2 Å². The number of alkyl halides is 3. The lowest BCUT2D eigenvalue weighted by Crippen LogP contribution is -2.14. The van der Waals surface area contributed by atoms with Crippen molar-refractivity contribution in [2.75, 3.05) is 0 Å². The SMILES string of the molecule is C#CC(C)(C)c1nnc(-c2ccccc2Cc2ccc(C(F)(F)F)cc2)o1. The first kappa shape index (κ1) is 18.7. The maximum Gasteiger partial charge on any atom is 0.416 e. The highest BCUT2D eigenvalue weighted by atomic mass is 19.4. The Labute approximate surface area is 155 Å². The van der Waals surface area contributed by atoms with Crippen molar-refractivity contribution in [1.29, 1.82) is 0 Å². The fraction of sp³-hybridized carbons (Fsp3) is 0.238. The predicted molar refractivity (Wildman–Crippen MR) is 95.8 cm³/mol. The average Bonchev–Trinajstić information content (AvgIpc) is 3.13. The van der Waals surface area contributed by atoms with Crippen molar-refractivity contribution in [3.63, 3.8) is 0 Å². The van der Waals surface area contributed by atoms with Crippen LogP contribution in [0.3, 0.4) is 0 Å². The molecule has 3 nitrogen and oxygen atoms in total. The molecular weight excluding hydrogens is 353 g/mol. The van der Waals surface area contributed by atoms with Gasteiger partial charge < -0.3 is 4.42 Å². The molecule has 0 aliphatic rings. The number of nitrogens with zero attached hydrogens (tertiary/aromatic N) is 2. The van der Waals surface area contributed by atoms with Gasteiger partial charge in [-0.1, -0.05) is 36.3 Å². The van der Waals surface area contributed by atoms with Crippen LogP contribution in [0.15, 0.2) is 52.9 Å². The summed E-state index contributed by atoms with van der Waals surface area (Å²) in [6, 6.07) is 12.5. The zero-order chi connectivity index (χ0) is 19.7. The first-order chi connectivity index (χ1) is 12.7. The molecule has 0 radical (unpaired) electrons. The van der Waals surface area contributed by atoms with Gasteiger partial charge in [0, 0.05) is 5.56 Å². The van der Waals surface area contributed by atoms with Gasteiger partial charge in [-0.25, -0.2) is 0 Å². The van der Waals surface area contributed by atoms with Gasteiger partial charge in [0.05, 0.1) is 5.56 Å². The first-order valence-corrected chi connectivity index (χ1v) is 8.27. The highest BCUT2D eigenvalue weighted by Crippen LogP contribution is 2.31. The molecule has 0 atom stereocenters. The van der Waals surface area contributed by atoms with E-state index in [-0.39, 0.29) is 0 Å². The van der Waals surface area contributed by atoms with Crippen LogP contribution >= 0.6 is 0 Å². The zero-order valence-corrected chi connectivity index (χ0v) is 14.8. The number of halogens is 3. The molecule has 27 heavy (non-hydrogen) atoms. The number of benzene rings is 2. The van der Waals surface area contributed by atoms with Gasteiger partial charge in [-0.2, -0.15) is 13.2 Å². The fourth-order valence-corrected chi connectivity index (χ4v) is 2.56. The zero-order valence-electron chi connectivity index (χ0n) is 14.8. The van der Waals surface area contributed by atoms with E-state index in [2.05, 4.69) is 16.1 Å². The van der Waals surface area contributed by atoms with E-state index in [0.717, 1.165) is 28.8 Å². The summed E-state index contributed by atoms with van der Waals surface area (Å²) in [5.74, 6) is 3.27. The Bertz CT molecular complexity index is 980. The molecular formula is C21H17F3N2O. The monoisotopic (exact) mass is 370 g/mol. The number of terminal acetylenes is 1. The van der Waals surface area contributed by atoms with Crippen LogP contribution in [-0.2, 0) is 18.0 Å². The molecule has 6 heteroatoms. The summed E-state index contributed by atoms with van der Waals surface area (Å²) in [7, 11) is 0. The van der Waals surface area contributed by atoms with Crippen molar-refractivity contribution in [3.8, 4) is 23.8 Å². The minimum absolute atomic E-state index is 0.329. The molecule has 2 aromatic carbocycles. The van der Waals surface area contributed by atoms with E-state index in [1.54, 1.807) is 13.8 Å². The molecule has 0 unspecified atom stereocenters. The smallest absolute Gasteiger partial charge is 0.416 e. The van der Waals surface area contributed by atoms with Gasteiger partial charge in [-0.05, 0) is 49.6 Å². The van der Waals surface area contributed by atoms with Gasteiger partial charge >= 0.3 is 6.18 Å². The fourth-order valence-electron chi connectivity index (χ4n) is 2.56. The van der Waals surface area contributed by atoms with Gasteiger partial charge in [-0.15, -0.1) is 16.6 Å². The van der Waals surface area contributed by atoms with Crippen LogP contribution in [0.5, 0.6) is 0 Å². The van der Waals surface area contributed by atoms with Crippen LogP contribution in [0.1, 0.15) is 36.4 Å². The number of rotatable bonds is 4. The minimum Gasteiger partial charge on any atom is -0.419 e. The molecule has 0 aliphatic carbocycles. The van der Waals surface area contributed by atoms with Crippen molar-refractivity contribution in [2.45, 2.75) is 31.9 Å². The molecule has 0 spiro atoms. The molecule has 0 saturated carbocycles. The second-order valence-electron chi connectivity index (χ2n) is 6.71. The normalized spacial score (nSPS) is 12.0. The van der Waals surface area contributed by atoms with Crippen molar-refractivity contribution in [2.24, 2.45) is 0 Å². The molecule has 1 aromatic heterocycles. The topological polar surface area (TPSA) is 38.9 Å². The largest absolute Gasteiger partial charge is 0.419 e. The van der Waals surface area contributed by atoms with E-state index in [1.165, 1.54) is 12.1 Å². The van der Waals surface area contributed by atoms with Gasteiger partial charge in [0.15, 0.2) is 0 Å². The second kappa shape index (κ2) is 6.92. The van der Waals surface area contributed by atoms with E-state index in [4.69, 9.17) is 10.8 Å². The standard InChI is InChI=1S/C21H17F3N2O/c1-4-20(2,3)19-26-25-18(27-19)17-8-6-5-7-15(17)13-14-9-11-16(12-10-14)21(22,23)24/h1,5-12H,13H2,2-3H3. The van der Waals surface area contributed by atoms with E-state index >= 15 is 0 Å². The second-order valence-corrected chi connectivity index (χ2v) is 6.71. The molecule has 138 valence electrons. The molecule has 0 bridgehead atoms. The van der Waals surface area contributed by atoms with Gasteiger partial charge in [0.1, 0.15) is 5.41 Å². The highest BCUT2D eigenvalue weighted by Gasteiger charge is 2.30. The summed E-state index contributed by atoms with van der Waals surface area (Å²) < 4.78 is 43.9. The molecule has 0 fully saturated rings. The molecule has 3 aromatic rings. The Morgan fingerprint density at radius 2 is 1.67 bits per heavy atom. The quantitative estimate of drug-likeness (QED) is 0.588. The van der Waals surface area contributed by atoms with E-state index in [0.29, 0.717) is 18.2 Å². The predicted octanol–water partition coefficient (Wildman–Crippen LogP) is 5.26. The van der Waals surface area contributed by atoms with Gasteiger partial charge in [0.2, 0.25) is 11.8 Å². The van der Waals surface area contributed by atoms with Crippen LogP contribution in [0, 0.1) is 12.3 Å². The van der Waals surface area contributed by atoms with Crippen molar-refractivity contribution in [3.05, 3.63) is 71.1 Å². The van der Waals surface area contributed by atoms with Crippen molar-refractivity contribution >= 4 is 0 Å². The van der Waals surface area contributed by atoms with Gasteiger partial charge in [-0.3, -0.25) is 0 Å². The lowest BCUT2D eigenvalue weighted by atomic mass is 9.95. The lowest BCUT2D eigenvalue weighted by Gasteiger charge is -2.11. The Kier molecular flexibility index (Phi) is 4.79. The third kappa shape index (κ3) is 4.03. The van der Waals surface area contributed by atoms with Crippen LogP contribution < -0.4 is 0 Å². The molecule has 0 aliphatic heterocycles. The maximum atomic E-state index is 12.7. The van der Waals surface area contributed by atoms with Crippen molar-refractivity contribution < 1.29 is 17.6 Å². The summed E-state index contributed by atoms with van der Waals surface area (Å²) >= 11 is 0. The summed E-state index contributed by atoms with van der Waals surface area (Å²) in [5.41, 5.74) is 0.986. The number of aromatic nitrogens is 2. The van der Waals surface area contributed by atoms with E-state index in [1.807, 2.05) is 24.3 Å².